The maximum absolute atomic E-state index is 14.4. The molecule has 2 amide bonds. The van der Waals surface area contributed by atoms with E-state index in [2.05, 4.69) is 0 Å². The van der Waals surface area contributed by atoms with Crippen LogP contribution in [0.4, 0.5) is 5.69 Å². The van der Waals surface area contributed by atoms with E-state index in [0.29, 0.717) is 48.7 Å². The van der Waals surface area contributed by atoms with Gasteiger partial charge in [0.2, 0.25) is 0 Å². The highest BCUT2D eigenvalue weighted by Gasteiger charge is 2.66. The second-order valence-corrected chi connectivity index (χ2v) is 10.1. The minimum atomic E-state index is -1.72. The van der Waals surface area contributed by atoms with Crippen LogP contribution in [0.5, 0.6) is 5.75 Å². The lowest BCUT2D eigenvalue weighted by molar-refractivity contribution is -0.143. The van der Waals surface area contributed by atoms with Gasteiger partial charge in [0.1, 0.15) is 11.5 Å². The third kappa shape index (κ3) is 4.58. The van der Waals surface area contributed by atoms with E-state index in [1.807, 2.05) is 45.0 Å². The van der Waals surface area contributed by atoms with E-state index in [4.69, 9.17) is 4.74 Å². The largest absolute Gasteiger partial charge is 0.507 e. The number of amides is 2. The summed E-state index contributed by atoms with van der Waals surface area (Å²) < 4.78 is 5.65. The lowest BCUT2D eigenvalue weighted by Crippen LogP contribution is -2.52. The molecule has 0 aliphatic carbocycles. The fourth-order valence-corrected chi connectivity index (χ4v) is 5.32. The summed E-state index contributed by atoms with van der Waals surface area (Å²) in [6, 6.07) is 14.0. The molecule has 4 rings (SSSR count). The Hall–Kier alpha value is -3.65. The highest BCUT2D eigenvalue weighted by Crippen LogP contribution is 2.53. The van der Waals surface area contributed by atoms with E-state index in [-0.39, 0.29) is 23.8 Å². The Morgan fingerprint density at radius 3 is 2.32 bits per heavy atom. The van der Waals surface area contributed by atoms with Gasteiger partial charge in [0, 0.05) is 24.2 Å². The molecular weight excluding hydrogens is 482 g/mol. The molecule has 0 saturated carbocycles. The molecule has 2 aliphatic rings. The number of rotatable bonds is 11. The third-order valence-corrected chi connectivity index (χ3v) is 7.13. The van der Waals surface area contributed by atoms with Crippen molar-refractivity contribution in [3.63, 3.8) is 0 Å². The van der Waals surface area contributed by atoms with Crippen molar-refractivity contribution in [2.24, 2.45) is 0 Å². The molecule has 1 spiro atoms. The maximum atomic E-state index is 14.4. The topological polar surface area (TPSA) is 90.4 Å². The standard InChI is InChI=1S/C30H37N3O5/c1-5-7-18-32-24-12-9-8-11-23(24)30(29(32)37)25(27(35)28(36)33(30)19-10-17-31(3)4)26(34)21-13-15-22(16-14-21)38-20-6-2/h8-9,11-16,34H,5-7,10,17-20H2,1-4H3/b26-25-. The zero-order valence-electron chi connectivity index (χ0n) is 22.7. The number of carbonyl (C=O) groups is 3. The highest BCUT2D eigenvalue weighted by molar-refractivity contribution is 6.50. The first-order valence-electron chi connectivity index (χ1n) is 13.4. The SMILES string of the molecule is CCCCN1C(=O)C2(/C(=C(\O)c3ccc(OCCC)cc3)C(=O)C(=O)N2CCCN(C)C)c2ccccc21. The van der Waals surface area contributed by atoms with Gasteiger partial charge in [0.25, 0.3) is 17.6 Å². The van der Waals surface area contributed by atoms with Gasteiger partial charge in [-0.25, -0.2) is 0 Å². The highest BCUT2D eigenvalue weighted by atomic mass is 16.5. The predicted molar refractivity (Wildman–Crippen MR) is 147 cm³/mol. The van der Waals surface area contributed by atoms with Crippen molar-refractivity contribution in [3.8, 4) is 5.75 Å². The molecule has 1 unspecified atom stereocenters. The van der Waals surface area contributed by atoms with Crippen LogP contribution in [0.2, 0.25) is 0 Å². The maximum Gasteiger partial charge on any atom is 0.296 e. The molecule has 1 atom stereocenters. The van der Waals surface area contributed by atoms with E-state index in [0.717, 1.165) is 19.3 Å². The number of para-hydroxylation sites is 1. The van der Waals surface area contributed by atoms with E-state index in [1.165, 1.54) is 4.90 Å². The number of fused-ring (bicyclic) bond motifs is 2. The van der Waals surface area contributed by atoms with Gasteiger partial charge in [-0.3, -0.25) is 14.4 Å². The summed E-state index contributed by atoms with van der Waals surface area (Å²) in [7, 11) is 3.86. The first kappa shape index (κ1) is 27.4. The lowest BCUT2D eigenvalue weighted by atomic mass is 9.82. The van der Waals surface area contributed by atoms with Crippen LogP contribution >= 0.6 is 0 Å². The van der Waals surface area contributed by atoms with Crippen LogP contribution in [0.25, 0.3) is 5.76 Å². The number of hydrogen-bond acceptors (Lipinski definition) is 6. The summed E-state index contributed by atoms with van der Waals surface area (Å²) in [4.78, 5) is 46.7. The van der Waals surface area contributed by atoms with Crippen molar-refractivity contribution in [1.82, 2.24) is 9.80 Å². The molecule has 202 valence electrons. The van der Waals surface area contributed by atoms with Crippen LogP contribution in [-0.2, 0) is 19.9 Å². The first-order chi connectivity index (χ1) is 18.3. The minimum absolute atomic E-state index is 0.175. The Morgan fingerprint density at radius 2 is 1.66 bits per heavy atom. The van der Waals surface area contributed by atoms with Crippen molar-refractivity contribution >= 4 is 29.0 Å². The Bertz CT molecular complexity index is 1240. The van der Waals surface area contributed by atoms with Crippen LogP contribution in [0.15, 0.2) is 54.1 Å². The van der Waals surface area contributed by atoms with Gasteiger partial charge in [0.05, 0.1) is 17.9 Å². The van der Waals surface area contributed by atoms with Gasteiger partial charge >= 0.3 is 0 Å². The molecular formula is C30H37N3O5. The summed E-state index contributed by atoms with van der Waals surface area (Å²) in [5, 5.41) is 11.6. The molecule has 1 fully saturated rings. The Balaban J connectivity index is 1.91. The number of likely N-dealkylation sites (tertiary alicyclic amines) is 1. The molecule has 0 radical (unpaired) electrons. The molecule has 2 aromatic rings. The first-order valence-corrected chi connectivity index (χ1v) is 13.4. The van der Waals surface area contributed by atoms with Crippen molar-refractivity contribution in [2.75, 3.05) is 45.2 Å². The van der Waals surface area contributed by atoms with Crippen molar-refractivity contribution in [1.29, 1.82) is 0 Å². The number of hydrogen-bond donors (Lipinski definition) is 1. The van der Waals surface area contributed by atoms with Crippen molar-refractivity contribution < 1.29 is 24.2 Å². The number of aliphatic hydroxyl groups excluding tert-OH is 1. The molecule has 2 heterocycles. The molecule has 2 aromatic carbocycles. The summed E-state index contributed by atoms with van der Waals surface area (Å²) in [5.74, 6) is -1.72. The Labute approximate surface area is 224 Å². The van der Waals surface area contributed by atoms with Crippen LogP contribution in [0, 0.1) is 0 Å². The minimum Gasteiger partial charge on any atom is -0.507 e. The molecule has 1 N–H and O–H groups in total. The summed E-state index contributed by atoms with van der Waals surface area (Å²) in [5.41, 5.74) is -0.330. The van der Waals surface area contributed by atoms with E-state index in [1.54, 1.807) is 41.3 Å². The van der Waals surface area contributed by atoms with E-state index in [9.17, 15) is 19.5 Å². The number of unbranched alkanes of at least 4 members (excludes halogenated alkanes) is 1. The molecule has 0 bridgehead atoms. The zero-order chi connectivity index (χ0) is 27.4. The van der Waals surface area contributed by atoms with Gasteiger partial charge in [-0.2, -0.15) is 0 Å². The van der Waals surface area contributed by atoms with Crippen LogP contribution < -0.4 is 9.64 Å². The quantitative estimate of drug-likeness (QED) is 0.273. The molecule has 0 aromatic heterocycles. The second kappa shape index (κ2) is 11.4. The Morgan fingerprint density at radius 1 is 0.947 bits per heavy atom. The zero-order valence-corrected chi connectivity index (χ0v) is 22.7. The Kier molecular flexibility index (Phi) is 8.21. The normalized spacial score (nSPS) is 20.2. The number of carbonyl (C=O) groups excluding carboxylic acids is 3. The van der Waals surface area contributed by atoms with E-state index < -0.39 is 17.2 Å². The molecule has 8 nitrogen and oxygen atoms in total. The van der Waals surface area contributed by atoms with Gasteiger partial charge in [-0.05, 0) is 70.2 Å². The van der Waals surface area contributed by atoms with Crippen LogP contribution in [0.3, 0.4) is 0 Å². The van der Waals surface area contributed by atoms with Gasteiger partial charge in [-0.15, -0.1) is 0 Å². The molecule has 38 heavy (non-hydrogen) atoms. The summed E-state index contributed by atoms with van der Waals surface area (Å²) in [6.07, 6.45) is 3.07. The monoisotopic (exact) mass is 519 g/mol. The number of ketones is 1. The average molecular weight is 520 g/mol. The number of ether oxygens (including phenoxy) is 1. The smallest absolute Gasteiger partial charge is 0.296 e. The molecule has 8 heteroatoms. The number of anilines is 1. The fraction of sp³-hybridized carbons (Fsp3) is 0.433. The average Bonchev–Trinajstić information content (AvgIpc) is 3.29. The van der Waals surface area contributed by atoms with Gasteiger partial charge in [-0.1, -0.05) is 38.5 Å². The molecule has 1 saturated heterocycles. The van der Waals surface area contributed by atoms with Crippen LogP contribution in [-0.4, -0.2) is 72.8 Å². The number of benzene rings is 2. The van der Waals surface area contributed by atoms with Crippen LogP contribution in [0.1, 0.15) is 50.7 Å². The predicted octanol–water partition coefficient (Wildman–Crippen LogP) is 4.15. The van der Waals surface area contributed by atoms with Gasteiger partial charge < -0.3 is 24.5 Å². The van der Waals surface area contributed by atoms with Crippen molar-refractivity contribution in [3.05, 3.63) is 65.2 Å². The fourth-order valence-electron chi connectivity index (χ4n) is 5.32. The number of nitrogens with zero attached hydrogens (tertiary/aromatic N) is 3. The number of aliphatic hydroxyl groups is 1. The number of Topliss-reactive ketones (excluding diaryl/α,β-unsaturated/α-hetero) is 1. The summed E-state index contributed by atoms with van der Waals surface area (Å²) in [6.45, 7) is 5.95. The van der Waals surface area contributed by atoms with Crippen molar-refractivity contribution in [2.45, 2.75) is 45.1 Å². The molecule has 2 aliphatic heterocycles. The second-order valence-electron chi connectivity index (χ2n) is 10.1. The lowest BCUT2D eigenvalue weighted by Gasteiger charge is -2.34. The summed E-state index contributed by atoms with van der Waals surface area (Å²) >= 11 is 0. The third-order valence-electron chi connectivity index (χ3n) is 7.13. The van der Waals surface area contributed by atoms with Gasteiger partial charge in [0.15, 0.2) is 5.54 Å². The van der Waals surface area contributed by atoms with E-state index >= 15 is 0 Å².